The monoisotopic (exact) mass is 334 g/mol. The molecule has 2 heterocycles. The molecule has 0 fully saturated rings. The van der Waals surface area contributed by atoms with Crippen molar-refractivity contribution in [1.29, 1.82) is 0 Å². The lowest BCUT2D eigenvalue weighted by atomic mass is 10.0. The molecule has 4 nitrogen and oxygen atoms in total. The summed E-state index contributed by atoms with van der Waals surface area (Å²) in [5.41, 5.74) is 5.49. The van der Waals surface area contributed by atoms with Crippen LogP contribution in [-0.4, -0.2) is 25.5 Å². The lowest BCUT2D eigenvalue weighted by Crippen LogP contribution is -2.30. The van der Waals surface area contributed by atoms with Gasteiger partial charge in [-0.25, -0.2) is 0 Å². The molecule has 0 spiro atoms. The SMILES string of the molecule is Cc1ccc2c(CC(=O)NCC3=CCNCC3)coc2c1C.Cl. The molecule has 1 aliphatic rings. The molecule has 5 heteroatoms. The first kappa shape index (κ1) is 17.6. The Morgan fingerprint density at radius 1 is 1.35 bits per heavy atom. The largest absolute Gasteiger partial charge is 0.464 e. The van der Waals surface area contributed by atoms with Crippen LogP contribution in [0.25, 0.3) is 11.0 Å². The van der Waals surface area contributed by atoms with E-state index in [9.17, 15) is 4.79 Å². The molecule has 1 amide bonds. The molecule has 2 aromatic rings. The van der Waals surface area contributed by atoms with Gasteiger partial charge in [0.15, 0.2) is 0 Å². The predicted molar refractivity (Wildman–Crippen MR) is 95.2 cm³/mol. The number of benzene rings is 1. The van der Waals surface area contributed by atoms with Crippen LogP contribution in [0.3, 0.4) is 0 Å². The second-order valence-electron chi connectivity index (χ2n) is 5.92. The van der Waals surface area contributed by atoms with Gasteiger partial charge in [-0.1, -0.05) is 23.8 Å². The maximum Gasteiger partial charge on any atom is 0.224 e. The number of nitrogens with one attached hydrogen (secondary N) is 2. The van der Waals surface area contributed by atoms with Crippen molar-refractivity contribution in [2.75, 3.05) is 19.6 Å². The molecule has 3 rings (SSSR count). The van der Waals surface area contributed by atoms with Gasteiger partial charge in [-0.15, -0.1) is 12.4 Å². The number of hydrogen-bond acceptors (Lipinski definition) is 3. The Bertz CT molecular complexity index is 734. The van der Waals surface area contributed by atoms with E-state index < -0.39 is 0 Å². The van der Waals surface area contributed by atoms with Crippen molar-refractivity contribution in [3.05, 3.63) is 46.7 Å². The summed E-state index contributed by atoms with van der Waals surface area (Å²) in [6.07, 6.45) is 5.23. The zero-order chi connectivity index (χ0) is 15.5. The Morgan fingerprint density at radius 3 is 2.91 bits per heavy atom. The summed E-state index contributed by atoms with van der Waals surface area (Å²) in [4.78, 5) is 12.2. The molecular weight excluding hydrogens is 312 g/mol. The number of carbonyl (C=O) groups is 1. The number of rotatable bonds is 4. The van der Waals surface area contributed by atoms with Crippen molar-refractivity contribution in [2.24, 2.45) is 0 Å². The van der Waals surface area contributed by atoms with Gasteiger partial charge in [0.05, 0.1) is 12.7 Å². The van der Waals surface area contributed by atoms with Crippen LogP contribution in [0, 0.1) is 13.8 Å². The van der Waals surface area contributed by atoms with Crippen LogP contribution in [0.4, 0.5) is 0 Å². The van der Waals surface area contributed by atoms with Gasteiger partial charge in [0.1, 0.15) is 5.58 Å². The predicted octanol–water partition coefficient (Wildman–Crippen LogP) is 3.05. The summed E-state index contributed by atoms with van der Waals surface area (Å²) >= 11 is 0. The third-order valence-electron chi connectivity index (χ3n) is 4.36. The zero-order valence-electron chi connectivity index (χ0n) is 13.6. The first-order chi connectivity index (χ1) is 10.6. The van der Waals surface area contributed by atoms with E-state index in [4.69, 9.17) is 4.42 Å². The second-order valence-corrected chi connectivity index (χ2v) is 5.92. The molecule has 1 aromatic heterocycles. The van der Waals surface area contributed by atoms with Crippen LogP contribution in [0.15, 0.2) is 34.5 Å². The lowest BCUT2D eigenvalue weighted by molar-refractivity contribution is -0.120. The molecule has 0 radical (unpaired) electrons. The molecule has 0 aliphatic carbocycles. The first-order valence-corrected chi connectivity index (χ1v) is 7.77. The van der Waals surface area contributed by atoms with Crippen LogP contribution >= 0.6 is 12.4 Å². The Kier molecular flexibility index (Phi) is 5.85. The fourth-order valence-corrected chi connectivity index (χ4v) is 2.80. The minimum absolute atomic E-state index is 0. The van der Waals surface area contributed by atoms with E-state index in [2.05, 4.69) is 36.6 Å². The van der Waals surface area contributed by atoms with Crippen LogP contribution in [0.5, 0.6) is 0 Å². The molecule has 0 saturated heterocycles. The molecule has 1 aliphatic heterocycles. The maximum atomic E-state index is 12.2. The van der Waals surface area contributed by atoms with Crippen molar-refractivity contribution in [2.45, 2.75) is 26.7 Å². The quantitative estimate of drug-likeness (QED) is 0.845. The topological polar surface area (TPSA) is 54.3 Å². The highest BCUT2D eigenvalue weighted by Crippen LogP contribution is 2.26. The van der Waals surface area contributed by atoms with Gasteiger partial charge in [-0.05, 0) is 37.9 Å². The summed E-state index contributed by atoms with van der Waals surface area (Å²) in [7, 11) is 0. The second kappa shape index (κ2) is 7.66. The molecule has 124 valence electrons. The smallest absolute Gasteiger partial charge is 0.224 e. The standard InChI is InChI=1S/C18H22N2O2.ClH/c1-12-3-4-16-15(11-22-18(16)13(12)2)9-17(21)20-10-14-5-7-19-8-6-14;/h3-5,11,19H,6-10H2,1-2H3,(H,20,21);1H. The summed E-state index contributed by atoms with van der Waals surface area (Å²) in [6, 6.07) is 4.12. The maximum absolute atomic E-state index is 12.2. The van der Waals surface area contributed by atoms with Gasteiger partial charge in [0, 0.05) is 24.0 Å². The van der Waals surface area contributed by atoms with Crippen molar-refractivity contribution in [3.63, 3.8) is 0 Å². The van der Waals surface area contributed by atoms with Crippen LogP contribution < -0.4 is 10.6 Å². The lowest BCUT2D eigenvalue weighted by Gasteiger charge is -2.14. The van der Waals surface area contributed by atoms with Gasteiger partial charge in [0.25, 0.3) is 0 Å². The molecule has 1 aromatic carbocycles. The van der Waals surface area contributed by atoms with Gasteiger partial charge in [-0.3, -0.25) is 4.79 Å². The first-order valence-electron chi connectivity index (χ1n) is 7.77. The summed E-state index contributed by atoms with van der Waals surface area (Å²) in [5.74, 6) is 0.0420. The Balaban J connectivity index is 0.00000192. The van der Waals surface area contributed by atoms with Gasteiger partial charge in [0.2, 0.25) is 5.91 Å². The minimum atomic E-state index is 0. The van der Waals surface area contributed by atoms with E-state index in [1.807, 2.05) is 6.07 Å². The van der Waals surface area contributed by atoms with Crippen LogP contribution in [0.2, 0.25) is 0 Å². The third-order valence-corrected chi connectivity index (χ3v) is 4.36. The Hall–Kier alpha value is -1.78. The summed E-state index contributed by atoms with van der Waals surface area (Å²) < 4.78 is 5.66. The molecule has 0 atom stereocenters. The van der Waals surface area contributed by atoms with E-state index in [-0.39, 0.29) is 18.3 Å². The summed E-state index contributed by atoms with van der Waals surface area (Å²) in [5, 5.41) is 7.31. The van der Waals surface area contributed by atoms with E-state index in [0.29, 0.717) is 13.0 Å². The van der Waals surface area contributed by atoms with E-state index in [1.165, 1.54) is 11.1 Å². The molecule has 0 unspecified atom stereocenters. The molecule has 0 bridgehead atoms. The van der Waals surface area contributed by atoms with Crippen LogP contribution in [0.1, 0.15) is 23.1 Å². The number of aryl methyl sites for hydroxylation is 2. The highest BCUT2D eigenvalue weighted by atomic mass is 35.5. The normalized spacial score (nSPS) is 14.3. The fraction of sp³-hybridized carbons (Fsp3) is 0.389. The Labute approximate surface area is 142 Å². The van der Waals surface area contributed by atoms with E-state index in [0.717, 1.165) is 41.6 Å². The third kappa shape index (κ3) is 3.95. The summed E-state index contributed by atoms with van der Waals surface area (Å²) in [6.45, 7) is 6.66. The number of fused-ring (bicyclic) bond motifs is 1. The number of amides is 1. The molecule has 2 N–H and O–H groups in total. The average Bonchev–Trinajstić information content (AvgIpc) is 2.93. The number of hydrogen-bond donors (Lipinski definition) is 2. The van der Waals surface area contributed by atoms with Crippen LogP contribution in [-0.2, 0) is 11.2 Å². The highest BCUT2D eigenvalue weighted by molar-refractivity contribution is 5.89. The Morgan fingerprint density at radius 2 is 2.17 bits per heavy atom. The van der Waals surface area contributed by atoms with Crippen molar-refractivity contribution < 1.29 is 9.21 Å². The highest BCUT2D eigenvalue weighted by Gasteiger charge is 2.13. The van der Waals surface area contributed by atoms with Gasteiger partial charge in [-0.2, -0.15) is 0 Å². The van der Waals surface area contributed by atoms with E-state index in [1.54, 1.807) is 6.26 Å². The van der Waals surface area contributed by atoms with E-state index >= 15 is 0 Å². The zero-order valence-corrected chi connectivity index (χ0v) is 14.4. The molecular formula is C18H23ClN2O2. The fourth-order valence-electron chi connectivity index (χ4n) is 2.80. The molecule has 23 heavy (non-hydrogen) atoms. The number of furan rings is 1. The number of carbonyl (C=O) groups excluding carboxylic acids is 1. The minimum Gasteiger partial charge on any atom is -0.464 e. The van der Waals surface area contributed by atoms with Crippen molar-refractivity contribution in [3.8, 4) is 0 Å². The van der Waals surface area contributed by atoms with Crippen molar-refractivity contribution in [1.82, 2.24) is 10.6 Å². The molecule has 0 saturated carbocycles. The van der Waals surface area contributed by atoms with Crippen molar-refractivity contribution >= 4 is 29.3 Å². The van der Waals surface area contributed by atoms with Gasteiger partial charge < -0.3 is 15.1 Å². The average molecular weight is 335 g/mol. The van der Waals surface area contributed by atoms with Gasteiger partial charge >= 0.3 is 0 Å². The number of halogens is 1.